The number of rotatable bonds is 4. The average Bonchev–Trinajstić information content (AvgIpc) is 2.44. The molecular formula is C13H12Cl2N4O. The minimum atomic E-state index is -0.617. The number of nitrogens with two attached hydrogens (primary N) is 1. The van der Waals surface area contributed by atoms with E-state index in [1.54, 1.807) is 17.2 Å². The van der Waals surface area contributed by atoms with Crippen LogP contribution in [0.1, 0.15) is 16.1 Å². The predicted octanol–water partition coefficient (Wildman–Crippen LogP) is 2.52. The van der Waals surface area contributed by atoms with Gasteiger partial charge in [-0.15, -0.1) is 0 Å². The predicted molar refractivity (Wildman–Crippen MR) is 79.1 cm³/mol. The Morgan fingerprint density at radius 3 is 2.80 bits per heavy atom. The highest BCUT2D eigenvalue weighted by molar-refractivity contribution is 6.42. The number of aromatic nitrogens is 2. The zero-order chi connectivity index (χ0) is 14.7. The standard InChI is InChI=1S/C13H12Cl2N4O/c1-19(7-8-3-2-4-9(14)12(8)15)11-6-17-5-10(18-11)13(16)20/h2-6H,7H2,1H3,(H2,16,20). The van der Waals surface area contributed by atoms with Crippen molar-refractivity contribution in [1.29, 1.82) is 0 Å². The fourth-order valence-corrected chi connectivity index (χ4v) is 2.05. The normalized spacial score (nSPS) is 10.3. The molecule has 2 aromatic rings. The van der Waals surface area contributed by atoms with Crippen LogP contribution in [-0.4, -0.2) is 22.9 Å². The highest BCUT2D eigenvalue weighted by Crippen LogP contribution is 2.27. The van der Waals surface area contributed by atoms with E-state index in [4.69, 9.17) is 28.9 Å². The molecule has 0 fully saturated rings. The lowest BCUT2D eigenvalue weighted by molar-refractivity contribution is 0.0995. The number of amides is 1. The fourth-order valence-electron chi connectivity index (χ4n) is 1.67. The van der Waals surface area contributed by atoms with Crippen molar-refractivity contribution in [2.75, 3.05) is 11.9 Å². The number of carbonyl (C=O) groups is 1. The maximum absolute atomic E-state index is 11.1. The minimum Gasteiger partial charge on any atom is -0.364 e. The molecule has 2 rings (SSSR count). The summed E-state index contributed by atoms with van der Waals surface area (Å²) in [6.07, 6.45) is 2.87. The van der Waals surface area contributed by atoms with Crippen molar-refractivity contribution in [2.24, 2.45) is 5.73 Å². The summed E-state index contributed by atoms with van der Waals surface area (Å²) < 4.78 is 0. The largest absolute Gasteiger partial charge is 0.364 e. The van der Waals surface area contributed by atoms with Crippen LogP contribution in [0.3, 0.4) is 0 Å². The molecule has 0 radical (unpaired) electrons. The number of hydrogen-bond donors (Lipinski definition) is 1. The van der Waals surface area contributed by atoms with Crippen LogP contribution >= 0.6 is 23.2 Å². The van der Waals surface area contributed by atoms with Gasteiger partial charge in [0.15, 0.2) is 0 Å². The van der Waals surface area contributed by atoms with E-state index in [0.29, 0.717) is 22.4 Å². The summed E-state index contributed by atoms with van der Waals surface area (Å²) >= 11 is 12.1. The van der Waals surface area contributed by atoms with E-state index in [1.165, 1.54) is 6.20 Å². The van der Waals surface area contributed by atoms with Crippen molar-refractivity contribution in [3.8, 4) is 0 Å². The van der Waals surface area contributed by atoms with Gasteiger partial charge in [0.25, 0.3) is 5.91 Å². The van der Waals surface area contributed by atoms with E-state index in [1.807, 2.05) is 19.2 Å². The van der Waals surface area contributed by atoms with Crippen LogP contribution < -0.4 is 10.6 Å². The molecule has 1 amide bonds. The summed E-state index contributed by atoms with van der Waals surface area (Å²) in [7, 11) is 1.81. The Hall–Kier alpha value is -1.85. The number of carbonyl (C=O) groups excluding carboxylic acids is 1. The number of halogens is 2. The molecule has 1 heterocycles. The topological polar surface area (TPSA) is 72.1 Å². The van der Waals surface area contributed by atoms with Gasteiger partial charge < -0.3 is 10.6 Å². The summed E-state index contributed by atoms with van der Waals surface area (Å²) in [5.74, 6) is -0.0918. The van der Waals surface area contributed by atoms with Crippen LogP contribution in [0.2, 0.25) is 10.0 Å². The van der Waals surface area contributed by atoms with Crippen LogP contribution in [0.4, 0.5) is 5.82 Å². The molecular weight excluding hydrogens is 299 g/mol. The first-order valence-electron chi connectivity index (χ1n) is 5.75. The lowest BCUT2D eigenvalue weighted by Crippen LogP contribution is -2.21. The molecule has 1 aromatic carbocycles. The molecule has 2 N–H and O–H groups in total. The molecule has 7 heteroatoms. The van der Waals surface area contributed by atoms with Crippen molar-refractivity contribution < 1.29 is 4.79 Å². The number of benzene rings is 1. The molecule has 0 saturated carbocycles. The number of hydrogen-bond acceptors (Lipinski definition) is 4. The van der Waals surface area contributed by atoms with E-state index in [9.17, 15) is 4.79 Å². The van der Waals surface area contributed by atoms with Gasteiger partial charge in [0.2, 0.25) is 0 Å². The van der Waals surface area contributed by atoms with Gasteiger partial charge in [0.1, 0.15) is 11.5 Å². The maximum Gasteiger partial charge on any atom is 0.268 e. The van der Waals surface area contributed by atoms with Gasteiger partial charge in [0.05, 0.1) is 22.4 Å². The third-order valence-corrected chi connectivity index (χ3v) is 3.56. The van der Waals surface area contributed by atoms with Gasteiger partial charge in [-0.25, -0.2) is 4.98 Å². The van der Waals surface area contributed by atoms with E-state index < -0.39 is 5.91 Å². The van der Waals surface area contributed by atoms with E-state index in [2.05, 4.69) is 9.97 Å². The highest BCUT2D eigenvalue weighted by atomic mass is 35.5. The Morgan fingerprint density at radius 1 is 1.35 bits per heavy atom. The second-order valence-electron chi connectivity index (χ2n) is 4.20. The van der Waals surface area contributed by atoms with Crippen LogP contribution in [0.5, 0.6) is 0 Å². The van der Waals surface area contributed by atoms with Gasteiger partial charge in [-0.2, -0.15) is 0 Å². The van der Waals surface area contributed by atoms with Crippen LogP contribution in [-0.2, 0) is 6.54 Å². The van der Waals surface area contributed by atoms with Gasteiger partial charge >= 0.3 is 0 Å². The zero-order valence-corrected chi connectivity index (χ0v) is 12.2. The van der Waals surface area contributed by atoms with Crippen LogP contribution in [0.25, 0.3) is 0 Å². The third kappa shape index (κ3) is 3.18. The molecule has 20 heavy (non-hydrogen) atoms. The van der Waals surface area contributed by atoms with E-state index in [-0.39, 0.29) is 5.69 Å². The molecule has 0 aliphatic rings. The van der Waals surface area contributed by atoms with Gasteiger partial charge in [0, 0.05) is 13.6 Å². The quantitative estimate of drug-likeness (QED) is 0.941. The monoisotopic (exact) mass is 310 g/mol. The molecule has 0 aliphatic carbocycles. The molecule has 0 unspecified atom stereocenters. The number of anilines is 1. The second kappa shape index (κ2) is 6.07. The third-order valence-electron chi connectivity index (χ3n) is 2.70. The summed E-state index contributed by atoms with van der Waals surface area (Å²) in [4.78, 5) is 21.0. The Bertz CT molecular complexity index is 648. The highest BCUT2D eigenvalue weighted by Gasteiger charge is 2.11. The summed E-state index contributed by atoms with van der Waals surface area (Å²) in [6, 6.07) is 5.42. The van der Waals surface area contributed by atoms with Crippen molar-refractivity contribution in [3.63, 3.8) is 0 Å². The molecule has 0 atom stereocenters. The Kier molecular flexibility index (Phi) is 4.42. The molecule has 5 nitrogen and oxygen atoms in total. The van der Waals surface area contributed by atoms with Crippen LogP contribution in [0.15, 0.2) is 30.6 Å². The Morgan fingerprint density at radius 2 is 2.10 bits per heavy atom. The SMILES string of the molecule is CN(Cc1cccc(Cl)c1Cl)c1cncc(C(N)=O)n1. The van der Waals surface area contributed by atoms with Gasteiger partial charge in [-0.1, -0.05) is 35.3 Å². The molecule has 1 aromatic heterocycles. The van der Waals surface area contributed by atoms with Crippen molar-refractivity contribution in [2.45, 2.75) is 6.54 Å². The molecule has 0 bridgehead atoms. The minimum absolute atomic E-state index is 0.117. The second-order valence-corrected chi connectivity index (χ2v) is 4.98. The first-order chi connectivity index (χ1) is 9.49. The maximum atomic E-state index is 11.1. The Labute approximate surface area is 126 Å². The van der Waals surface area contributed by atoms with E-state index >= 15 is 0 Å². The zero-order valence-electron chi connectivity index (χ0n) is 10.7. The molecule has 0 spiro atoms. The molecule has 104 valence electrons. The first kappa shape index (κ1) is 14.6. The van der Waals surface area contributed by atoms with Crippen LogP contribution in [0, 0.1) is 0 Å². The lowest BCUT2D eigenvalue weighted by atomic mass is 10.2. The summed E-state index contributed by atoms with van der Waals surface area (Å²) in [6.45, 7) is 0.482. The average molecular weight is 311 g/mol. The fraction of sp³-hybridized carbons (Fsp3) is 0.154. The first-order valence-corrected chi connectivity index (χ1v) is 6.50. The molecule has 0 aliphatic heterocycles. The Balaban J connectivity index is 2.24. The van der Waals surface area contributed by atoms with Crippen molar-refractivity contribution in [1.82, 2.24) is 9.97 Å². The summed E-state index contributed by atoms with van der Waals surface area (Å²) in [5.41, 5.74) is 6.15. The van der Waals surface area contributed by atoms with Gasteiger partial charge in [-0.3, -0.25) is 9.78 Å². The summed E-state index contributed by atoms with van der Waals surface area (Å²) in [5, 5.41) is 0.995. The van der Waals surface area contributed by atoms with Gasteiger partial charge in [-0.05, 0) is 11.6 Å². The van der Waals surface area contributed by atoms with Crippen molar-refractivity contribution in [3.05, 3.63) is 51.9 Å². The smallest absolute Gasteiger partial charge is 0.268 e. The molecule has 0 saturated heterocycles. The number of primary amides is 1. The lowest BCUT2D eigenvalue weighted by Gasteiger charge is -2.19. The number of nitrogens with zero attached hydrogens (tertiary/aromatic N) is 3. The van der Waals surface area contributed by atoms with Crippen molar-refractivity contribution >= 4 is 34.9 Å². The van der Waals surface area contributed by atoms with E-state index in [0.717, 1.165) is 5.56 Å².